The quantitative estimate of drug-likeness (QED) is 0.812. The van der Waals surface area contributed by atoms with Crippen LogP contribution in [-0.4, -0.2) is 29.5 Å². The minimum absolute atomic E-state index is 0.0924. The predicted molar refractivity (Wildman–Crippen MR) is 73.4 cm³/mol. The fourth-order valence-electron chi connectivity index (χ4n) is 3.61. The first-order valence-electron chi connectivity index (χ1n) is 7.70. The highest BCUT2D eigenvalue weighted by molar-refractivity contribution is 4.91. The zero-order valence-electron chi connectivity index (χ0n) is 11.7. The van der Waals surface area contributed by atoms with Gasteiger partial charge < -0.3 is 15.6 Å². The van der Waals surface area contributed by atoms with Gasteiger partial charge in [0.25, 0.3) is 0 Å². The van der Waals surface area contributed by atoms with Crippen LogP contribution in [-0.2, 0) is 4.74 Å². The molecule has 3 heteroatoms. The van der Waals surface area contributed by atoms with E-state index in [0.29, 0.717) is 6.10 Å². The van der Waals surface area contributed by atoms with Gasteiger partial charge in [-0.2, -0.15) is 0 Å². The van der Waals surface area contributed by atoms with Gasteiger partial charge in [-0.1, -0.05) is 26.2 Å². The zero-order valence-corrected chi connectivity index (χ0v) is 11.7. The van der Waals surface area contributed by atoms with E-state index < -0.39 is 0 Å². The zero-order chi connectivity index (χ0) is 13.0. The third-order valence-corrected chi connectivity index (χ3v) is 4.85. The average Bonchev–Trinajstić information content (AvgIpc) is 2.39. The van der Waals surface area contributed by atoms with Crippen molar-refractivity contribution in [2.45, 2.75) is 82.5 Å². The lowest BCUT2D eigenvalue weighted by Crippen LogP contribution is -2.50. The molecule has 0 aromatic heterocycles. The summed E-state index contributed by atoms with van der Waals surface area (Å²) in [5.41, 5.74) is 5.79. The molecule has 2 saturated carbocycles. The van der Waals surface area contributed by atoms with Gasteiger partial charge >= 0.3 is 0 Å². The highest BCUT2D eigenvalue weighted by Crippen LogP contribution is 2.33. The summed E-state index contributed by atoms with van der Waals surface area (Å²) in [6, 6.07) is 0. The number of ether oxygens (including phenoxy) is 1. The van der Waals surface area contributed by atoms with Crippen LogP contribution in [0.25, 0.3) is 0 Å². The number of hydrogen-bond acceptors (Lipinski definition) is 3. The van der Waals surface area contributed by atoms with Gasteiger partial charge in [0.05, 0.1) is 18.8 Å². The van der Waals surface area contributed by atoms with E-state index in [2.05, 4.69) is 6.92 Å². The lowest BCUT2D eigenvalue weighted by Gasteiger charge is -2.39. The number of hydrogen-bond donors (Lipinski definition) is 2. The molecule has 106 valence electrons. The standard InChI is InChI=1S/C15H29NO2/c1-2-12-5-3-6-13(9-12)18-14-7-4-8-15(16,10-14)11-17/h12-14,17H,2-11,16H2,1H3. The molecule has 2 aliphatic carbocycles. The first-order chi connectivity index (χ1) is 8.65. The number of rotatable bonds is 4. The maximum Gasteiger partial charge on any atom is 0.0612 e. The Labute approximate surface area is 111 Å². The molecule has 0 aromatic carbocycles. The van der Waals surface area contributed by atoms with E-state index in [1.165, 1.54) is 32.1 Å². The van der Waals surface area contributed by atoms with Crippen LogP contribution in [0.4, 0.5) is 0 Å². The van der Waals surface area contributed by atoms with Crippen LogP contribution in [0.2, 0.25) is 0 Å². The van der Waals surface area contributed by atoms with E-state index in [1.54, 1.807) is 0 Å². The van der Waals surface area contributed by atoms with E-state index in [4.69, 9.17) is 10.5 Å². The molecule has 3 nitrogen and oxygen atoms in total. The van der Waals surface area contributed by atoms with Crippen LogP contribution in [0.5, 0.6) is 0 Å². The second-order valence-electron chi connectivity index (χ2n) is 6.44. The van der Waals surface area contributed by atoms with Crippen LogP contribution in [0, 0.1) is 5.92 Å². The molecule has 4 unspecified atom stereocenters. The maximum absolute atomic E-state index is 9.37. The van der Waals surface area contributed by atoms with Crippen LogP contribution in [0.15, 0.2) is 0 Å². The molecule has 0 spiro atoms. The van der Waals surface area contributed by atoms with Crippen LogP contribution < -0.4 is 5.73 Å². The van der Waals surface area contributed by atoms with Gasteiger partial charge in [-0.25, -0.2) is 0 Å². The van der Waals surface area contributed by atoms with Crippen molar-refractivity contribution < 1.29 is 9.84 Å². The lowest BCUT2D eigenvalue weighted by molar-refractivity contribution is -0.0709. The molecule has 0 saturated heterocycles. The van der Waals surface area contributed by atoms with Gasteiger partial charge in [0, 0.05) is 5.54 Å². The van der Waals surface area contributed by atoms with Crippen molar-refractivity contribution in [3.63, 3.8) is 0 Å². The van der Waals surface area contributed by atoms with E-state index in [9.17, 15) is 5.11 Å². The molecule has 0 bridgehead atoms. The maximum atomic E-state index is 9.37. The highest BCUT2D eigenvalue weighted by Gasteiger charge is 2.34. The summed E-state index contributed by atoms with van der Waals surface area (Å²) in [5, 5.41) is 9.37. The first kappa shape index (κ1) is 14.3. The van der Waals surface area contributed by atoms with Crippen LogP contribution in [0.3, 0.4) is 0 Å². The second-order valence-corrected chi connectivity index (χ2v) is 6.44. The van der Waals surface area contributed by atoms with Crippen molar-refractivity contribution in [2.75, 3.05) is 6.61 Å². The van der Waals surface area contributed by atoms with Crippen LogP contribution >= 0.6 is 0 Å². The summed E-state index contributed by atoms with van der Waals surface area (Å²) in [5.74, 6) is 0.854. The predicted octanol–water partition coefficient (Wildman–Crippen LogP) is 2.60. The smallest absolute Gasteiger partial charge is 0.0612 e. The van der Waals surface area contributed by atoms with Gasteiger partial charge in [0.15, 0.2) is 0 Å². The van der Waals surface area contributed by atoms with E-state index in [-0.39, 0.29) is 18.2 Å². The Morgan fingerprint density at radius 3 is 2.72 bits per heavy atom. The SMILES string of the molecule is CCC1CCCC(OC2CCCC(N)(CO)C2)C1. The van der Waals surface area contributed by atoms with Crippen molar-refractivity contribution in [3.05, 3.63) is 0 Å². The van der Waals surface area contributed by atoms with Crippen molar-refractivity contribution in [1.29, 1.82) is 0 Å². The van der Waals surface area contributed by atoms with Crippen LogP contribution in [0.1, 0.15) is 64.7 Å². The molecule has 18 heavy (non-hydrogen) atoms. The summed E-state index contributed by atoms with van der Waals surface area (Å²) < 4.78 is 6.27. The summed E-state index contributed by atoms with van der Waals surface area (Å²) in [4.78, 5) is 0. The molecule has 0 heterocycles. The fraction of sp³-hybridized carbons (Fsp3) is 1.00. The molecule has 2 rings (SSSR count). The Kier molecular flexibility index (Phi) is 5.05. The second kappa shape index (κ2) is 6.36. The van der Waals surface area contributed by atoms with Crippen molar-refractivity contribution in [1.82, 2.24) is 0 Å². The highest BCUT2D eigenvalue weighted by atomic mass is 16.5. The fourth-order valence-corrected chi connectivity index (χ4v) is 3.61. The van der Waals surface area contributed by atoms with Gasteiger partial charge in [0.1, 0.15) is 0 Å². The number of aliphatic hydroxyl groups excluding tert-OH is 1. The molecule has 2 aliphatic rings. The van der Waals surface area contributed by atoms with Gasteiger partial charge in [-0.3, -0.25) is 0 Å². The van der Waals surface area contributed by atoms with Gasteiger partial charge in [-0.05, 0) is 44.4 Å². The Bertz CT molecular complexity index is 259. The van der Waals surface area contributed by atoms with E-state index in [1.807, 2.05) is 0 Å². The normalized spacial score (nSPS) is 41.8. The van der Waals surface area contributed by atoms with Gasteiger partial charge in [0.2, 0.25) is 0 Å². The molecule has 4 atom stereocenters. The Morgan fingerprint density at radius 2 is 2.00 bits per heavy atom. The number of aliphatic hydroxyl groups is 1. The summed E-state index contributed by atoms with van der Waals surface area (Å²) in [6.07, 6.45) is 11.1. The largest absolute Gasteiger partial charge is 0.394 e. The molecular formula is C15H29NO2. The topological polar surface area (TPSA) is 55.5 Å². The average molecular weight is 255 g/mol. The van der Waals surface area contributed by atoms with Crippen molar-refractivity contribution in [3.8, 4) is 0 Å². The lowest BCUT2D eigenvalue weighted by atomic mass is 9.81. The summed E-state index contributed by atoms with van der Waals surface area (Å²) in [6.45, 7) is 2.37. The summed E-state index contributed by atoms with van der Waals surface area (Å²) >= 11 is 0. The Balaban J connectivity index is 1.81. The molecular weight excluding hydrogens is 226 g/mol. The molecule has 3 N–H and O–H groups in total. The first-order valence-corrected chi connectivity index (χ1v) is 7.70. The van der Waals surface area contributed by atoms with E-state index >= 15 is 0 Å². The molecule has 2 fully saturated rings. The summed E-state index contributed by atoms with van der Waals surface area (Å²) in [7, 11) is 0. The van der Waals surface area contributed by atoms with Crippen molar-refractivity contribution >= 4 is 0 Å². The molecule has 0 aliphatic heterocycles. The minimum Gasteiger partial charge on any atom is -0.394 e. The Morgan fingerprint density at radius 1 is 1.22 bits per heavy atom. The molecule has 0 aromatic rings. The molecule has 0 amide bonds. The van der Waals surface area contributed by atoms with Crippen molar-refractivity contribution in [2.24, 2.45) is 11.7 Å². The van der Waals surface area contributed by atoms with Gasteiger partial charge in [-0.15, -0.1) is 0 Å². The number of nitrogens with two attached hydrogens (primary N) is 1. The third kappa shape index (κ3) is 3.69. The van der Waals surface area contributed by atoms with E-state index in [0.717, 1.165) is 31.6 Å². The third-order valence-electron chi connectivity index (χ3n) is 4.85. The Hall–Kier alpha value is -0.120. The molecule has 0 radical (unpaired) electrons. The minimum atomic E-state index is -0.387. The monoisotopic (exact) mass is 255 g/mol.